The smallest absolute Gasteiger partial charge is 0.262 e. The Balaban J connectivity index is 1.92. The van der Waals surface area contributed by atoms with E-state index in [0.717, 1.165) is 0 Å². The predicted molar refractivity (Wildman–Crippen MR) is 84.4 cm³/mol. The van der Waals surface area contributed by atoms with Gasteiger partial charge in [-0.3, -0.25) is 9.52 Å². The van der Waals surface area contributed by atoms with Crippen LogP contribution in [0.4, 0.5) is 11.4 Å². The number of carbonyl (C=O) groups excluding carboxylic acids is 1. The van der Waals surface area contributed by atoms with Gasteiger partial charge in [-0.2, -0.15) is 0 Å². The molecule has 1 aliphatic rings. The van der Waals surface area contributed by atoms with Crippen molar-refractivity contribution in [2.24, 2.45) is 0 Å². The normalized spacial score (nSPS) is 13.5. The fourth-order valence-corrected chi connectivity index (χ4v) is 3.24. The third kappa shape index (κ3) is 3.07. The van der Waals surface area contributed by atoms with E-state index in [1.54, 1.807) is 24.3 Å². The summed E-state index contributed by atoms with van der Waals surface area (Å²) < 4.78 is 37.9. The van der Waals surface area contributed by atoms with Gasteiger partial charge in [-0.25, -0.2) is 8.42 Å². The van der Waals surface area contributed by atoms with Gasteiger partial charge in [0.25, 0.3) is 15.9 Å². The Bertz CT molecular complexity index is 864. The summed E-state index contributed by atoms with van der Waals surface area (Å²) in [5.41, 5.74) is 0.777. The van der Waals surface area contributed by atoms with Crippen molar-refractivity contribution in [2.45, 2.75) is 4.90 Å². The van der Waals surface area contributed by atoms with Crippen molar-refractivity contribution >= 4 is 27.3 Å². The topological polar surface area (TPSA) is 93.7 Å². The number of anilines is 2. The lowest BCUT2D eigenvalue weighted by Crippen LogP contribution is -2.25. The maximum absolute atomic E-state index is 12.5. The molecule has 2 aromatic carbocycles. The van der Waals surface area contributed by atoms with Gasteiger partial charge in [0.05, 0.1) is 23.4 Å². The SMILES string of the molecule is COc1ccccc1NS(=O)(=O)c1ccc2c(c1)OCC(=O)N2. The molecule has 0 saturated heterocycles. The Morgan fingerprint density at radius 2 is 2.00 bits per heavy atom. The summed E-state index contributed by atoms with van der Waals surface area (Å²) in [5.74, 6) is 0.449. The first-order chi connectivity index (χ1) is 11.0. The number of para-hydroxylation sites is 2. The number of nitrogens with one attached hydrogen (secondary N) is 2. The van der Waals surface area contributed by atoms with Gasteiger partial charge < -0.3 is 14.8 Å². The first-order valence-corrected chi connectivity index (χ1v) is 8.20. The number of rotatable bonds is 4. The van der Waals surface area contributed by atoms with Gasteiger partial charge in [-0.1, -0.05) is 12.1 Å². The second-order valence-electron chi connectivity index (χ2n) is 4.80. The first kappa shape index (κ1) is 15.2. The van der Waals surface area contributed by atoms with Crippen LogP contribution >= 0.6 is 0 Å². The number of fused-ring (bicyclic) bond motifs is 1. The highest BCUT2D eigenvalue weighted by molar-refractivity contribution is 7.92. The van der Waals surface area contributed by atoms with Crippen LogP contribution in [0.25, 0.3) is 0 Å². The molecule has 1 amide bonds. The van der Waals surface area contributed by atoms with Gasteiger partial charge in [0, 0.05) is 6.07 Å². The van der Waals surface area contributed by atoms with Crippen LogP contribution in [-0.4, -0.2) is 28.0 Å². The Morgan fingerprint density at radius 3 is 2.78 bits per heavy atom. The molecule has 1 aliphatic heterocycles. The number of amides is 1. The zero-order valence-electron chi connectivity index (χ0n) is 12.2. The molecule has 0 saturated carbocycles. The molecule has 0 bridgehead atoms. The fraction of sp³-hybridized carbons (Fsp3) is 0.133. The van der Waals surface area contributed by atoms with Crippen LogP contribution in [0.2, 0.25) is 0 Å². The molecule has 2 aromatic rings. The van der Waals surface area contributed by atoms with Crippen molar-refractivity contribution < 1.29 is 22.7 Å². The average molecular weight is 334 g/mol. The first-order valence-electron chi connectivity index (χ1n) is 6.72. The Hall–Kier alpha value is -2.74. The Morgan fingerprint density at radius 1 is 1.22 bits per heavy atom. The minimum atomic E-state index is -3.82. The van der Waals surface area contributed by atoms with Crippen LogP contribution < -0.4 is 19.5 Å². The van der Waals surface area contributed by atoms with Crippen molar-refractivity contribution in [3.63, 3.8) is 0 Å². The lowest BCUT2D eigenvalue weighted by atomic mass is 10.2. The molecule has 0 unspecified atom stereocenters. The third-order valence-corrected chi connectivity index (χ3v) is 4.61. The molecule has 0 spiro atoms. The lowest BCUT2D eigenvalue weighted by Gasteiger charge is -2.19. The second kappa shape index (κ2) is 5.81. The van der Waals surface area contributed by atoms with Gasteiger partial charge >= 0.3 is 0 Å². The van der Waals surface area contributed by atoms with E-state index >= 15 is 0 Å². The minimum absolute atomic E-state index is 0.0262. The van der Waals surface area contributed by atoms with E-state index in [1.807, 2.05) is 0 Å². The highest BCUT2D eigenvalue weighted by Crippen LogP contribution is 2.32. The molecule has 0 radical (unpaired) electrons. The minimum Gasteiger partial charge on any atom is -0.495 e. The summed E-state index contributed by atoms with van der Waals surface area (Å²) in [4.78, 5) is 11.3. The molecule has 23 heavy (non-hydrogen) atoms. The van der Waals surface area contributed by atoms with Crippen LogP contribution in [-0.2, 0) is 14.8 Å². The Kier molecular flexibility index (Phi) is 3.83. The molecule has 7 nitrogen and oxygen atoms in total. The van der Waals surface area contributed by atoms with Gasteiger partial charge in [0.2, 0.25) is 0 Å². The molecule has 1 heterocycles. The average Bonchev–Trinajstić information content (AvgIpc) is 2.54. The molecule has 2 N–H and O–H groups in total. The van der Waals surface area contributed by atoms with E-state index in [1.165, 1.54) is 25.3 Å². The largest absolute Gasteiger partial charge is 0.495 e. The maximum Gasteiger partial charge on any atom is 0.262 e. The molecule has 8 heteroatoms. The zero-order valence-corrected chi connectivity index (χ0v) is 13.0. The van der Waals surface area contributed by atoms with E-state index in [4.69, 9.17) is 9.47 Å². The molecular formula is C15H14N2O5S. The number of benzene rings is 2. The van der Waals surface area contributed by atoms with E-state index in [-0.39, 0.29) is 17.4 Å². The van der Waals surface area contributed by atoms with Crippen LogP contribution in [0, 0.1) is 0 Å². The summed E-state index contributed by atoms with van der Waals surface area (Å²) in [5, 5.41) is 2.61. The second-order valence-corrected chi connectivity index (χ2v) is 6.48. The maximum atomic E-state index is 12.5. The number of sulfonamides is 1. The molecule has 0 aliphatic carbocycles. The highest BCUT2D eigenvalue weighted by Gasteiger charge is 2.21. The number of methoxy groups -OCH3 is 1. The number of hydrogen-bond donors (Lipinski definition) is 2. The summed E-state index contributed by atoms with van der Waals surface area (Å²) in [6.07, 6.45) is 0. The summed E-state index contributed by atoms with van der Waals surface area (Å²) in [7, 11) is -2.35. The summed E-state index contributed by atoms with van der Waals surface area (Å²) in [6.45, 7) is -0.142. The Labute approximate surface area is 133 Å². The van der Waals surface area contributed by atoms with Crippen LogP contribution in [0.3, 0.4) is 0 Å². The number of hydrogen-bond acceptors (Lipinski definition) is 5. The molecule has 120 valence electrons. The monoisotopic (exact) mass is 334 g/mol. The lowest BCUT2D eigenvalue weighted by molar-refractivity contribution is -0.118. The van der Waals surface area contributed by atoms with Crippen LogP contribution in [0.15, 0.2) is 47.4 Å². The van der Waals surface area contributed by atoms with E-state index in [9.17, 15) is 13.2 Å². The zero-order chi connectivity index (χ0) is 16.4. The van der Waals surface area contributed by atoms with Crippen molar-refractivity contribution in [1.29, 1.82) is 0 Å². The fourth-order valence-electron chi connectivity index (χ4n) is 2.15. The molecular weight excluding hydrogens is 320 g/mol. The molecule has 0 atom stereocenters. The third-order valence-electron chi connectivity index (χ3n) is 3.25. The van der Waals surface area contributed by atoms with Crippen LogP contribution in [0.5, 0.6) is 11.5 Å². The van der Waals surface area contributed by atoms with Crippen LogP contribution in [0.1, 0.15) is 0 Å². The van der Waals surface area contributed by atoms with Gasteiger partial charge in [0.1, 0.15) is 11.5 Å². The van der Waals surface area contributed by atoms with E-state index in [0.29, 0.717) is 22.9 Å². The van der Waals surface area contributed by atoms with Crippen molar-refractivity contribution in [1.82, 2.24) is 0 Å². The van der Waals surface area contributed by atoms with Gasteiger partial charge in [-0.15, -0.1) is 0 Å². The number of carbonyl (C=O) groups is 1. The highest BCUT2D eigenvalue weighted by atomic mass is 32.2. The summed E-state index contributed by atoms with van der Waals surface area (Å²) in [6, 6.07) is 11.0. The standard InChI is InChI=1S/C15H14N2O5S/c1-21-13-5-3-2-4-12(13)17-23(19,20)10-6-7-11-14(8-10)22-9-15(18)16-11/h2-8,17H,9H2,1H3,(H,16,18). The van der Waals surface area contributed by atoms with E-state index in [2.05, 4.69) is 10.0 Å². The van der Waals surface area contributed by atoms with Crippen molar-refractivity contribution in [3.8, 4) is 11.5 Å². The molecule has 0 aromatic heterocycles. The van der Waals surface area contributed by atoms with Gasteiger partial charge in [-0.05, 0) is 24.3 Å². The van der Waals surface area contributed by atoms with E-state index < -0.39 is 10.0 Å². The quantitative estimate of drug-likeness (QED) is 0.889. The predicted octanol–water partition coefficient (Wildman–Crippen LogP) is 1.83. The molecule has 0 fully saturated rings. The summed E-state index contributed by atoms with van der Waals surface area (Å²) >= 11 is 0. The van der Waals surface area contributed by atoms with Crippen molar-refractivity contribution in [3.05, 3.63) is 42.5 Å². The van der Waals surface area contributed by atoms with Gasteiger partial charge in [0.15, 0.2) is 6.61 Å². The number of ether oxygens (including phenoxy) is 2. The molecule has 3 rings (SSSR count). The van der Waals surface area contributed by atoms with Crippen molar-refractivity contribution in [2.75, 3.05) is 23.8 Å².